The molecule has 7 nitrogen and oxygen atoms in total. The molecule has 0 fully saturated rings. The molecule has 0 unspecified atom stereocenters. The van der Waals surface area contributed by atoms with E-state index in [-0.39, 0.29) is 5.82 Å². The highest BCUT2D eigenvalue weighted by molar-refractivity contribution is 5.52. The number of aryl methyl sites for hydroxylation is 1. The summed E-state index contributed by atoms with van der Waals surface area (Å²) in [4.78, 5) is 16.5. The van der Waals surface area contributed by atoms with Crippen LogP contribution >= 0.6 is 0 Å². The smallest absolute Gasteiger partial charge is 0.372 e. The Morgan fingerprint density at radius 3 is 2.73 bits per heavy atom. The number of anilines is 2. The molecule has 1 aromatic heterocycles. The van der Waals surface area contributed by atoms with Crippen molar-refractivity contribution in [3.05, 3.63) is 46.8 Å². The molecule has 0 aliphatic carbocycles. The molecule has 1 aromatic carbocycles. The first-order chi connectivity index (χ1) is 10.6. The molecule has 118 valence electrons. The molecule has 0 amide bonds. The number of hydrogen-bond acceptors (Lipinski definition) is 5. The largest absolute Gasteiger partial charge is 0.406 e. The van der Waals surface area contributed by atoms with Gasteiger partial charge < -0.3 is 20.3 Å². The minimum Gasteiger partial charge on any atom is -0.372 e. The average Bonchev–Trinajstić information content (AvgIpc) is 2.89. The fourth-order valence-corrected chi connectivity index (χ4v) is 2.34. The fraction of sp³-hybridized carbons (Fsp3) is 0.400. The molecule has 0 radical (unpaired) electrons. The Bertz CT molecular complexity index is 612. The Balaban J connectivity index is 1.87. The normalized spacial score (nSPS) is 10.5. The number of aromatic nitrogens is 2. The van der Waals surface area contributed by atoms with E-state index in [1.165, 1.54) is 12.0 Å². The number of nitro groups is 1. The lowest BCUT2D eigenvalue weighted by molar-refractivity contribution is -0.388. The zero-order chi connectivity index (χ0) is 15.9. The molecule has 2 rings (SSSR count). The van der Waals surface area contributed by atoms with Crippen molar-refractivity contribution in [2.75, 3.05) is 29.9 Å². The molecule has 2 aromatic rings. The van der Waals surface area contributed by atoms with Crippen LogP contribution in [0.5, 0.6) is 0 Å². The van der Waals surface area contributed by atoms with Gasteiger partial charge in [0.1, 0.15) is 0 Å². The van der Waals surface area contributed by atoms with E-state index in [2.05, 4.69) is 34.3 Å². The van der Waals surface area contributed by atoms with Crippen molar-refractivity contribution < 1.29 is 4.92 Å². The van der Waals surface area contributed by atoms with Crippen molar-refractivity contribution in [2.45, 2.75) is 13.3 Å². The van der Waals surface area contributed by atoms with Crippen molar-refractivity contribution >= 4 is 17.3 Å². The zero-order valence-corrected chi connectivity index (χ0v) is 12.9. The van der Waals surface area contributed by atoms with E-state index in [9.17, 15) is 10.1 Å². The first kappa shape index (κ1) is 15.8. The summed E-state index contributed by atoms with van der Waals surface area (Å²) in [6, 6.07) is 10.2. The van der Waals surface area contributed by atoms with Gasteiger partial charge in [0.25, 0.3) is 0 Å². The lowest BCUT2D eigenvalue weighted by Gasteiger charge is -2.23. The van der Waals surface area contributed by atoms with Gasteiger partial charge in [-0.15, -0.1) is 0 Å². The van der Waals surface area contributed by atoms with Crippen molar-refractivity contribution in [1.82, 2.24) is 9.55 Å². The molecule has 0 aliphatic heterocycles. The summed E-state index contributed by atoms with van der Waals surface area (Å²) in [5.41, 5.74) is 1.19. The van der Waals surface area contributed by atoms with Crippen molar-refractivity contribution in [1.29, 1.82) is 0 Å². The monoisotopic (exact) mass is 303 g/mol. The van der Waals surface area contributed by atoms with Crippen LogP contribution in [0.3, 0.4) is 0 Å². The fourth-order valence-electron chi connectivity index (χ4n) is 2.34. The van der Waals surface area contributed by atoms with Gasteiger partial charge >= 0.3 is 5.82 Å². The van der Waals surface area contributed by atoms with E-state index in [1.807, 2.05) is 18.2 Å². The third kappa shape index (κ3) is 3.75. The van der Waals surface area contributed by atoms with E-state index in [4.69, 9.17) is 0 Å². The summed E-state index contributed by atoms with van der Waals surface area (Å²) < 4.78 is 1.63. The van der Waals surface area contributed by atoms with E-state index in [1.54, 1.807) is 11.6 Å². The summed E-state index contributed by atoms with van der Waals surface area (Å²) in [5, 5.41) is 14.0. The van der Waals surface area contributed by atoms with Gasteiger partial charge in [-0.05, 0) is 35.4 Å². The number of nitrogens with one attached hydrogen (secondary N) is 1. The molecule has 1 heterocycles. The van der Waals surface area contributed by atoms with E-state index >= 15 is 0 Å². The van der Waals surface area contributed by atoms with Gasteiger partial charge in [-0.1, -0.05) is 18.2 Å². The van der Waals surface area contributed by atoms with E-state index < -0.39 is 4.92 Å². The summed E-state index contributed by atoms with van der Waals surface area (Å²) in [5.74, 6) is 0.325. The molecular formula is C15H21N5O2. The highest BCUT2D eigenvalue weighted by atomic mass is 16.6. The Kier molecular flexibility index (Phi) is 5.35. The van der Waals surface area contributed by atoms with Gasteiger partial charge in [-0.2, -0.15) is 0 Å². The second-order valence-corrected chi connectivity index (χ2v) is 4.98. The number of benzene rings is 1. The molecule has 0 atom stereocenters. The van der Waals surface area contributed by atoms with Gasteiger partial charge in [-0.25, -0.2) is 0 Å². The van der Waals surface area contributed by atoms with Crippen LogP contribution in [0.15, 0.2) is 36.7 Å². The predicted octanol–water partition coefficient (Wildman–Crippen LogP) is 2.66. The second-order valence-electron chi connectivity index (χ2n) is 4.98. The maximum absolute atomic E-state index is 10.9. The van der Waals surface area contributed by atoms with Crippen molar-refractivity contribution in [3.63, 3.8) is 0 Å². The molecular weight excluding hydrogens is 282 g/mol. The van der Waals surface area contributed by atoms with Gasteiger partial charge in [0.15, 0.2) is 0 Å². The Morgan fingerprint density at radius 2 is 2.09 bits per heavy atom. The SMILES string of the molecule is CCN(CCCNc1c([N+](=O)[O-])ncn1C)c1ccccc1. The van der Waals surface area contributed by atoms with Crippen LogP contribution < -0.4 is 10.2 Å². The lowest BCUT2D eigenvalue weighted by atomic mass is 10.2. The molecule has 22 heavy (non-hydrogen) atoms. The molecule has 0 bridgehead atoms. The number of nitrogens with zero attached hydrogens (tertiary/aromatic N) is 4. The standard InChI is InChI=1S/C15H21N5O2/c1-3-19(13-8-5-4-6-9-13)11-7-10-16-14-15(20(21)22)17-12-18(14)2/h4-6,8-9,12,16H,3,7,10-11H2,1-2H3. The molecule has 0 aliphatic rings. The Labute approximate surface area is 129 Å². The summed E-state index contributed by atoms with van der Waals surface area (Å²) in [6.45, 7) is 4.59. The lowest BCUT2D eigenvalue weighted by Crippen LogP contribution is -2.25. The van der Waals surface area contributed by atoms with Crippen LogP contribution in [0.4, 0.5) is 17.3 Å². The number of para-hydroxylation sites is 1. The van der Waals surface area contributed by atoms with Gasteiger partial charge in [0.05, 0.1) is 0 Å². The highest BCUT2D eigenvalue weighted by Gasteiger charge is 2.19. The minimum atomic E-state index is -0.468. The predicted molar refractivity (Wildman–Crippen MR) is 87.3 cm³/mol. The summed E-state index contributed by atoms with van der Waals surface area (Å²) >= 11 is 0. The van der Waals surface area contributed by atoms with Gasteiger partial charge in [0.2, 0.25) is 12.1 Å². The molecule has 0 saturated heterocycles. The quantitative estimate of drug-likeness (QED) is 0.461. The van der Waals surface area contributed by atoms with E-state index in [0.29, 0.717) is 12.4 Å². The Morgan fingerprint density at radius 1 is 1.36 bits per heavy atom. The molecule has 7 heteroatoms. The van der Waals surface area contributed by atoms with Gasteiger partial charge in [0, 0.05) is 32.4 Å². The summed E-state index contributed by atoms with van der Waals surface area (Å²) in [6.07, 6.45) is 2.33. The first-order valence-electron chi connectivity index (χ1n) is 7.33. The van der Waals surface area contributed by atoms with Crippen LogP contribution in [-0.4, -0.2) is 34.1 Å². The van der Waals surface area contributed by atoms with E-state index in [0.717, 1.165) is 19.5 Å². The van der Waals surface area contributed by atoms with Crippen LogP contribution in [0.2, 0.25) is 0 Å². The average molecular weight is 303 g/mol. The van der Waals surface area contributed by atoms with Crippen LogP contribution in [0.25, 0.3) is 0 Å². The van der Waals surface area contributed by atoms with Gasteiger partial charge in [-0.3, -0.25) is 4.57 Å². The molecule has 1 N–H and O–H groups in total. The molecule has 0 spiro atoms. The van der Waals surface area contributed by atoms with Crippen LogP contribution in [-0.2, 0) is 7.05 Å². The Hall–Kier alpha value is -2.57. The number of hydrogen-bond donors (Lipinski definition) is 1. The number of rotatable bonds is 8. The van der Waals surface area contributed by atoms with Crippen molar-refractivity contribution in [3.8, 4) is 0 Å². The topological polar surface area (TPSA) is 76.2 Å². The molecule has 0 saturated carbocycles. The third-order valence-corrected chi connectivity index (χ3v) is 3.49. The minimum absolute atomic E-state index is 0.127. The van der Waals surface area contributed by atoms with Crippen molar-refractivity contribution in [2.24, 2.45) is 7.05 Å². The van der Waals surface area contributed by atoms with Crippen LogP contribution in [0, 0.1) is 10.1 Å². The summed E-state index contributed by atoms with van der Waals surface area (Å²) in [7, 11) is 1.74. The number of imidazole rings is 1. The first-order valence-corrected chi connectivity index (χ1v) is 7.33. The zero-order valence-electron chi connectivity index (χ0n) is 12.9. The highest BCUT2D eigenvalue weighted by Crippen LogP contribution is 2.21. The maximum Gasteiger partial charge on any atom is 0.406 e. The van der Waals surface area contributed by atoms with Crippen LogP contribution in [0.1, 0.15) is 13.3 Å². The second kappa shape index (κ2) is 7.44. The third-order valence-electron chi connectivity index (χ3n) is 3.49. The maximum atomic E-state index is 10.9.